The number of ketones is 1. The number of benzene rings is 1. The van der Waals surface area contributed by atoms with Crippen molar-refractivity contribution in [1.29, 1.82) is 0 Å². The molecule has 18 heavy (non-hydrogen) atoms. The SMILES string of the molecule is C/C=C(/CC)C(=O)Cc1ccnc2ccccc12. The molecular weight excluding hydrogens is 222 g/mol. The predicted molar refractivity (Wildman–Crippen MR) is 74.5 cm³/mol. The molecule has 0 bridgehead atoms. The Hall–Kier alpha value is -1.96. The number of rotatable bonds is 4. The molecule has 0 unspecified atom stereocenters. The van der Waals surface area contributed by atoms with Crippen molar-refractivity contribution < 1.29 is 4.79 Å². The number of Topliss-reactive ketones (excluding diaryl/α,β-unsaturated/α-hetero) is 1. The highest BCUT2D eigenvalue weighted by atomic mass is 16.1. The van der Waals surface area contributed by atoms with E-state index in [1.165, 1.54) is 0 Å². The van der Waals surface area contributed by atoms with E-state index in [0.717, 1.165) is 28.5 Å². The molecule has 0 radical (unpaired) electrons. The van der Waals surface area contributed by atoms with Gasteiger partial charge in [0.15, 0.2) is 5.78 Å². The van der Waals surface area contributed by atoms with E-state index in [-0.39, 0.29) is 5.78 Å². The molecule has 2 aromatic rings. The van der Waals surface area contributed by atoms with Crippen LogP contribution in [0.3, 0.4) is 0 Å². The van der Waals surface area contributed by atoms with Crippen molar-refractivity contribution in [2.24, 2.45) is 0 Å². The third kappa shape index (κ3) is 2.48. The van der Waals surface area contributed by atoms with Crippen LogP contribution in [0.5, 0.6) is 0 Å². The topological polar surface area (TPSA) is 30.0 Å². The summed E-state index contributed by atoms with van der Waals surface area (Å²) in [6, 6.07) is 9.87. The van der Waals surface area contributed by atoms with Gasteiger partial charge in [0, 0.05) is 18.0 Å². The Morgan fingerprint density at radius 3 is 2.78 bits per heavy atom. The normalized spacial score (nSPS) is 11.8. The van der Waals surface area contributed by atoms with E-state index in [4.69, 9.17) is 0 Å². The molecule has 1 aromatic carbocycles. The third-order valence-electron chi connectivity index (χ3n) is 3.18. The summed E-state index contributed by atoms with van der Waals surface area (Å²) in [6.07, 6.45) is 4.92. The van der Waals surface area contributed by atoms with E-state index in [0.29, 0.717) is 6.42 Å². The minimum Gasteiger partial charge on any atom is -0.294 e. The van der Waals surface area contributed by atoms with Crippen LogP contribution in [-0.4, -0.2) is 10.8 Å². The summed E-state index contributed by atoms with van der Waals surface area (Å²) in [5, 5.41) is 1.07. The number of allylic oxidation sites excluding steroid dienone is 2. The molecule has 92 valence electrons. The summed E-state index contributed by atoms with van der Waals surface area (Å²) in [7, 11) is 0. The Balaban J connectivity index is 2.35. The number of pyridine rings is 1. The average molecular weight is 239 g/mol. The molecule has 0 aliphatic heterocycles. The molecule has 0 aliphatic rings. The fourth-order valence-electron chi connectivity index (χ4n) is 2.16. The second kappa shape index (κ2) is 5.58. The fourth-order valence-corrected chi connectivity index (χ4v) is 2.16. The Bertz CT molecular complexity index is 594. The number of aromatic nitrogens is 1. The minimum atomic E-state index is 0.205. The van der Waals surface area contributed by atoms with E-state index >= 15 is 0 Å². The van der Waals surface area contributed by atoms with Crippen LogP contribution in [0.2, 0.25) is 0 Å². The van der Waals surface area contributed by atoms with Gasteiger partial charge in [-0.3, -0.25) is 9.78 Å². The lowest BCUT2D eigenvalue weighted by Crippen LogP contribution is -2.06. The quantitative estimate of drug-likeness (QED) is 0.761. The summed E-state index contributed by atoms with van der Waals surface area (Å²) in [6.45, 7) is 3.93. The van der Waals surface area contributed by atoms with Gasteiger partial charge < -0.3 is 0 Å². The summed E-state index contributed by atoms with van der Waals surface area (Å²) >= 11 is 0. The standard InChI is InChI=1S/C16H17NO/c1-3-12(4-2)16(18)11-13-9-10-17-15-8-6-5-7-14(13)15/h3,5-10H,4,11H2,1-2H3/b12-3-. The Morgan fingerprint density at radius 1 is 1.28 bits per heavy atom. The molecule has 0 atom stereocenters. The van der Waals surface area contributed by atoms with Gasteiger partial charge in [-0.25, -0.2) is 0 Å². The fraction of sp³-hybridized carbons (Fsp3) is 0.250. The van der Waals surface area contributed by atoms with E-state index < -0.39 is 0 Å². The van der Waals surface area contributed by atoms with Gasteiger partial charge in [0.1, 0.15) is 0 Å². The van der Waals surface area contributed by atoms with Crippen LogP contribution >= 0.6 is 0 Å². The van der Waals surface area contributed by atoms with E-state index in [9.17, 15) is 4.79 Å². The minimum absolute atomic E-state index is 0.205. The number of carbonyl (C=O) groups excluding carboxylic acids is 1. The van der Waals surface area contributed by atoms with Gasteiger partial charge in [-0.2, -0.15) is 0 Å². The van der Waals surface area contributed by atoms with E-state index in [1.54, 1.807) is 6.20 Å². The highest BCUT2D eigenvalue weighted by Gasteiger charge is 2.10. The van der Waals surface area contributed by atoms with Gasteiger partial charge in [0.2, 0.25) is 0 Å². The van der Waals surface area contributed by atoms with E-state index in [2.05, 4.69) is 4.98 Å². The molecule has 2 rings (SSSR count). The highest BCUT2D eigenvalue weighted by molar-refractivity contribution is 5.99. The zero-order valence-corrected chi connectivity index (χ0v) is 10.8. The van der Waals surface area contributed by atoms with Crippen molar-refractivity contribution in [3.05, 3.63) is 53.7 Å². The van der Waals surface area contributed by atoms with Crippen LogP contribution in [-0.2, 0) is 11.2 Å². The second-order valence-electron chi connectivity index (χ2n) is 4.25. The van der Waals surface area contributed by atoms with Crippen molar-refractivity contribution in [1.82, 2.24) is 4.98 Å². The maximum atomic E-state index is 12.1. The molecule has 1 aromatic heterocycles. The maximum Gasteiger partial charge on any atom is 0.162 e. The Kier molecular flexibility index (Phi) is 3.88. The zero-order chi connectivity index (χ0) is 13.0. The van der Waals surface area contributed by atoms with Crippen molar-refractivity contribution in [3.8, 4) is 0 Å². The molecule has 0 aliphatic carbocycles. The number of para-hydroxylation sites is 1. The summed E-state index contributed by atoms with van der Waals surface area (Å²) in [5.41, 5.74) is 2.90. The van der Waals surface area contributed by atoms with Crippen molar-refractivity contribution in [3.63, 3.8) is 0 Å². The first kappa shape index (κ1) is 12.5. The van der Waals surface area contributed by atoms with Gasteiger partial charge in [-0.1, -0.05) is 31.2 Å². The number of hydrogen-bond donors (Lipinski definition) is 0. The average Bonchev–Trinajstić information content (AvgIpc) is 2.40. The second-order valence-corrected chi connectivity index (χ2v) is 4.25. The number of fused-ring (bicyclic) bond motifs is 1. The van der Waals surface area contributed by atoms with Crippen LogP contribution in [0.4, 0.5) is 0 Å². The van der Waals surface area contributed by atoms with Gasteiger partial charge >= 0.3 is 0 Å². The summed E-state index contributed by atoms with van der Waals surface area (Å²) in [4.78, 5) is 16.4. The molecule has 0 saturated carbocycles. The van der Waals surface area contributed by atoms with Gasteiger partial charge in [0.05, 0.1) is 5.52 Å². The van der Waals surface area contributed by atoms with Crippen LogP contribution in [0.15, 0.2) is 48.2 Å². The van der Waals surface area contributed by atoms with Gasteiger partial charge in [-0.05, 0) is 36.6 Å². The smallest absolute Gasteiger partial charge is 0.162 e. The van der Waals surface area contributed by atoms with Crippen LogP contribution in [0, 0.1) is 0 Å². The lowest BCUT2D eigenvalue weighted by atomic mass is 9.99. The van der Waals surface area contributed by atoms with Gasteiger partial charge in [-0.15, -0.1) is 0 Å². The molecule has 2 nitrogen and oxygen atoms in total. The maximum absolute atomic E-state index is 12.1. The molecule has 2 heteroatoms. The number of hydrogen-bond acceptors (Lipinski definition) is 2. The van der Waals surface area contributed by atoms with Gasteiger partial charge in [0.25, 0.3) is 0 Å². The third-order valence-corrected chi connectivity index (χ3v) is 3.18. The lowest BCUT2D eigenvalue weighted by Gasteiger charge is -2.06. The molecular formula is C16H17NO. The Labute approximate surface area is 107 Å². The largest absolute Gasteiger partial charge is 0.294 e. The summed E-state index contributed by atoms with van der Waals surface area (Å²) in [5.74, 6) is 0.205. The monoisotopic (exact) mass is 239 g/mol. The van der Waals surface area contributed by atoms with Crippen molar-refractivity contribution >= 4 is 16.7 Å². The molecule has 0 fully saturated rings. The van der Waals surface area contributed by atoms with Crippen molar-refractivity contribution in [2.45, 2.75) is 26.7 Å². The summed E-state index contributed by atoms with van der Waals surface area (Å²) < 4.78 is 0. The molecule has 0 amide bonds. The number of nitrogens with zero attached hydrogens (tertiary/aromatic N) is 1. The first-order chi connectivity index (χ1) is 8.76. The predicted octanol–water partition coefficient (Wildman–Crippen LogP) is 3.70. The van der Waals surface area contributed by atoms with Crippen LogP contribution < -0.4 is 0 Å². The lowest BCUT2D eigenvalue weighted by molar-refractivity contribution is -0.115. The Morgan fingerprint density at radius 2 is 2.06 bits per heavy atom. The first-order valence-electron chi connectivity index (χ1n) is 6.27. The van der Waals surface area contributed by atoms with E-state index in [1.807, 2.05) is 50.3 Å². The van der Waals surface area contributed by atoms with Crippen LogP contribution in [0.25, 0.3) is 10.9 Å². The molecule has 0 N–H and O–H groups in total. The van der Waals surface area contributed by atoms with Crippen molar-refractivity contribution in [2.75, 3.05) is 0 Å². The molecule has 1 heterocycles. The number of carbonyl (C=O) groups is 1. The zero-order valence-electron chi connectivity index (χ0n) is 10.8. The van der Waals surface area contributed by atoms with Crippen LogP contribution in [0.1, 0.15) is 25.8 Å². The first-order valence-corrected chi connectivity index (χ1v) is 6.27. The highest BCUT2D eigenvalue weighted by Crippen LogP contribution is 2.18. The molecule has 0 spiro atoms. The molecule has 0 saturated heterocycles.